The van der Waals surface area contributed by atoms with Crippen LogP contribution in [-0.2, 0) is 16.1 Å². The van der Waals surface area contributed by atoms with Crippen molar-refractivity contribution in [1.82, 2.24) is 9.55 Å². The number of nitrogens with one attached hydrogen (secondary N) is 1. The molecule has 0 aliphatic carbocycles. The highest BCUT2D eigenvalue weighted by molar-refractivity contribution is 6.01. The number of carbonyl (C=O) groups is 2. The molecular formula is C18H21N3O6. The van der Waals surface area contributed by atoms with E-state index in [1.165, 1.54) is 0 Å². The summed E-state index contributed by atoms with van der Waals surface area (Å²) in [5.74, 6) is -1.06. The number of anilines is 1. The van der Waals surface area contributed by atoms with Gasteiger partial charge in [-0.1, -0.05) is 25.1 Å². The van der Waals surface area contributed by atoms with E-state index in [2.05, 4.69) is 0 Å². The summed E-state index contributed by atoms with van der Waals surface area (Å²) in [6, 6.07) is 8.92. The number of aromatic nitrogens is 2. The first kappa shape index (κ1) is 20.0. The van der Waals surface area contributed by atoms with E-state index in [-0.39, 0.29) is 25.4 Å². The second kappa shape index (κ2) is 9.37. The zero-order valence-electron chi connectivity index (χ0n) is 14.9. The summed E-state index contributed by atoms with van der Waals surface area (Å²) in [5.41, 5.74) is 3.80. The van der Waals surface area contributed by atoms with Gasteiger partial charge in [0, 0.05) is 6.54 Å². The number of nitrogen functional groups attached to an aromatic ring is 1. The molecular weight excluding hydrogens is 354 g/mol. The molecule has 1 aromatic heterocycles. The standard InChI is InChI=1S/C18H21N3O6/c1-2-9-21-16(19)15(17(24)20-18(21)25)13(22)11-27-14(23)8-10-26-12-6-4-3-5-7-12/h3-7H,2,8-11,19H2,1H3,(H,20,24,25). The molecule has 0 aliphatic rings. The van der Waals surface area contributed by atoms with Crippen molar-refractivity contribution in [2.24, 2.45) is 0 Å². The van der Waals surface area contributed by atoms with Crippen molar-refractivity contribution in [3.05, 3.63) is 56.7 Å². The number of nitrogens with zero attached hydrogens (tertiary/aromatic N) is 1. The molecule has 1 aromatic carbocycles. The lowest BCUT2D eigenvalue weighted by Crippen LogP contribution is -2.37. The Morgan fingerprint density at radius 1 is 1.19 bits per heavy atom. The number of rotatable bonds is 9. The molecule has 0 radical (unpaired) electrons. The van der Waals surface area contributed by atoms with Gasteiger partial charge in [-0.2, -0.15) is 0 Å². The SMILES string of the molecule is CCCn1c(N)c(C(=O)COC(=O)CCOc2ccccc2)c(=O)[nH]c1=O. The molecule has 0 amide bonds. The minimum atomic E-state index is -0.904. The molecule has 0 saturated heterocycles. The summed E-state index contributed by atoms with van der Waals surface area (Å²) in [5, 5.41) is 0. The fourth-order valence-electron chi connectivity index (χ4n) is 2.36. The number of Topliss-reactive ketones (excluding diaryl/α,β-unsaturated/α-hetero) is 1. The molecule has 3 N–H and O–H groups in total. The number of benzene rings is 1. The summed E-state index contributed by atoms with van der Waals surface area (Å²) in [6.07, 6.45) is 0.517. The van der Waals surface area contributed by atoms with E-state index in [0.717, 1.165) is 4.57 Å². The van der Waals surface area contributed by atoms with E-state index in [4.69, 9.17) is 15.2 Å². The topological polar surface area (TPSA) is 133 Å². The molecule has 0 spiro atoms. The highest BCUT2D eigenvalue weighted by Gasteiger charge is 2.20. The Balaban J connectivity index is 1.93. The Labute approximate surface area is 154 Å². The minimum absolute atomic E-state index is 0.0661. The summed E-state index contributed by atoms with van der Waals surface area (Å²) < 4.78 is 11.3. The van der Waals surface area contributed by atoms with E-state index in [1.54, 1.807) is 24.3 Å². The molecule has 0 aliphatic heterocycles. The van der Waals surface area contributed by atoms with Crippen molar-refractivity contribution in [3.63, 3.8) is 0 Å². The number of hydrogen-bond donors (Lipinski definition) is 2. The zero-order chi connectivity index (χ0) is 19.8. The third-order valence-corrected chi connectivity index (χ3v) is 3.65. The highest BCUT2D eigenvalue weighted by atomic mass is 16.5. The van der Waals surface area contributed by atoms with Gasteiger partial charge in [0.15, 0.2) is 6.61 Å². The first-order valence-electron chi connectivity index (χ1n) is 8.43. The number of hydrogen-bond acceptors (Lipinski definition) is 7. The second-order valence-electron chi connectivity index (χ2n) is 5.67. The third kappa shape index (κ3) is 5.30. The number of aromatic amines is 1. The maximum absolute atomic E-state index is 12.2. The smallest absolute Gasteiger partial charge is 0.329 e. The quantitative estimate of drug-likeness (QED) is 0.487. The van der Waals surface area contributed by atoms with Crippen LogP contribution in [0.1, 0.15) is 30.1 Å². The number of esters is 1. The van der Waals surface area contributed by atoms with Crippen LogP contribution in [0.15, 0.2) is 39.9 Å². The summed E-state index contributed by atoms with van der Waals surface area (Å²) in [6.45, 7) is 1.50. The van der Waals surface area contributed by atoms with E-state index in [9.17, 15) is 19.2 Å². The Hall–Kier alpha value is -3.36. The van der Waals surface area contributed by atoms with E-state index in [0.29, 0.717) is 12.2 Å². The average molecular weight is 375 g/mol. The minimum Gasteiger partial charge on any atom is -0.493 e. The lowest BCUT2D eigenvalue weighted by molar-refractivity contribution is -0.143. The zero-order valence-corrected chi connectivity index (χ0v) is 14.9. The van der Waals surface area contributed by atoms with Crippen LogP contribution in [0.4, 0.5) is 5.82 Å². The van der Waals surface area contributed by atoms with Crippen molar-refractivity contribution in [1.29, 1.82) is 0 Å². The maximum Gasteiger partial charge on any atom is 0.329 e. The molecule has 9 nitrogen and oxygen atoms in total. The molecule has 144 valence electrons. The van der Waals surface area contributed by atoms with Crippen LogP contribution in [0.3, 0.4) is 0 Å². The number of carbonyl (C=O) groups excluding carboxylic acids is 2. The summed E-state index contributed by atoms with van der Waals surface area (Å²) in [4.78, 5) is 49.7. The molecule has 1 heterocycles. The maximum atomic E-state index is 12.2. The van der Waals surface area contributed by atoms with E-state index >= 15 is 0 Å². The second-order valence-corrected chi connectivity index (χ2v) is 5.67. The van der Waals surface area contributed by atoms with Crippen LogP contribution in [0.25, 0.3) is 0 Å². The average Bonchev–Trinajstić information content (AvgIpc) is 2.64. The van der Waals surface area contributed by atoms with Gasteiger partial charge in [-0.15, -0.1) is 0 Å². The number of ether oxygens (including phenoxy) is 2. The highest BCUT2D eigenvalue weighted by Crippen LogP contribution is 2.09. The van der Waals surface area contributed by atoms with Gasteiger partial charge in [0.2, 0.25) is 5.78 Å². The van der Waals surface area contributed by atoms with Crippen molar-refractivity contribution in [2.75, 3.05) is 18.9 Å². The molecule has 0 bridgehead atoms. The van der Waals surface area contributed by atoms with Gasteiger partial charge in [-0.3, -0.25) is 23.9 Å². The Bertz CT molecular complexity index is 917. The van der Waals surface area contributed by atoms with Gasteiger partial charge in [0.05, 0.1) is 13.0 Å². The van der Waals surface area contributed by atoms with Crippen molar-refractivity contribution in [2.45, 2.75) is 26.3 Å². The number of H-pyrrole nitrogens is 1. The van der Waals surface area contributed by atoms with Gasteiger partial charge < -0.3 is 15.2 Å². The number of ketones is 1. The molecule has 27 heavy (non-hydrogen) atoms. The fraction of sp³-hybridized carbons (Fsp3) is 0.333. The summed E-state index contributed by atoms with van der Waals surface area (Å²) in [7, 11) is 0. The largest absolute Gasteiger partial charge is 0.493 e. The molecule has 2 aromatic rings. The first-order valence-corrected chi connectivity index (χ1v) is 8.43. The van der Waals surface area contributed by atoms with Crippen molar-refractivity contribution >= 4 is 17.6 Å². The number of para-hydroxylation sites is 1. The summed E-state index contributed by atoms with van der Waals surface area (Å²) >= 11 is 0. The lowest BCUT2D eigenvalue weighted by atomic mass is 10.2. The Morgan fingerprint density at radius 2 is 1.89 bits per heavy atom. The molecule has 0 saturated carbocycles. The van der Waals surface area contributed by atoms with Crippen LogP contribution in [0, 0.1) is 0 Å². The normalized spacial score (nSPS) is 10.4. The Kier molecular flexibility index (Phi) is 6.93. The fourth-order valence-corrected chi connectivity index (χ4v) is 2.36. The first-order chi connectivity index (χ1) is 12.9. The van der Waals surface area contributed by atoms with Crippen LogP contribution in [-0.4, -0.2) is 34.5 Å². The Morgan fingerprint density at radius 3 is 2.56 bits per heavy atom. The van der Waals surface area contributed by atoms with Crippen LogP contribution < -0.4 is 21.7 Å². The lowest BCUT2D eigenvalue weighted by Gasteiger charge is -2.11. The molecule has 0 unspecified atom stereocenters. The van der Waals surface area contributed by atoms with Crippen LogP contribution >= 0.6 is 0 Å². The number of nitrogens with two attached hydrogens (primary N) is 1. The van der Waals surface area contributed by atoms with Gasteiger partial charge >= 0.3 is 11.7 Å². The third-order valence-electron chi connectivity index (χ3n) is 3.65. The molecule has 0 atom stereocenters. The van der Waals surface area contributed by atoms with Gasteiger partial charge in [0.1, 0.15) is 17.1 Å². The van der Waals surface area contributed by atoms with Crippen molar-refractivity contribution < 1.29 is 19.1 Å². The predicted octanol–water partition coefficient (Wildman–Crippen LogP) is 0.724. The van der Waals surface area contributed by atoms with Crippen LogP contribution in [0.5, 0.6) is 5.75 Å². The monoisotopic (exact) mass is 375 g/mol. The van der Waals surface area contributed by atoms with Gasteiger partial charge in [-0.05, 0) is 18.6 Å². The van der Waals surface area contributed by atoms with E-state index < -0.39 is 35.2 Å². The molecule has 0 fully saturated rings. The predicted molar refractivity (Wildman–Crippen MR) is 97.9 cm³/mol. The van der Waals surface area contributed by atoms with Crippen LogP contribution in [0.2, 0.25) is 0 Å². The molecule has 9 heteroatoms. The van der Waals surface area contributed by atoms with Gasteiger partial charge in [0.25, 0.3) is 5.56 Å². The van der Waals surface area contributed by atoms with Gasteiger partial charge in [-0.25, -0.2) is 4.79 Å². The van der Waals surface area contributed by atoms with Crippen molar-refractivity contribution in [3.8, 4) is 5.75 Å². The molecule has 2 rings (SSSR count). The van der Waals surface area contributed by atoms with E-state index in [1.807, 2.05) is 18.0 Å².